The number of aromatic amines is 1. The van der Waals surface area contributed by atoms with Crippen molar-refractivity contribution in [3.8, 4) is 11.5 Å². The maximum Gasteiger partial charge on any atom is 0.348 e. The summed E-state index contributed by atoms with van der Waals surface area (Å²) in [6.07, 6.45) is 7.33. The Balaban J connectivity index is 1.13. The highest BCUT2D eigenvalue weighted by Crippen LogP contribution is 2.38. The van der Waals surface area contributed by atoms with Gasteiger partial charge in [-0.05, 0) is 74.0 Å². The molecule has 2 saturated heterocycles. The van der Waals surface area contributed by atoms with E-state index in [9.17, 15) is 9.59 Å². The van der Waals surface area contributed by atoms with Crippen LogP contribution in [0.2, 0.25) is 10.0 Å². The fourth-order valence-electron chi connectivity index (χ4n) is 7.04. The van der Waals surface area contributed by atoms with Crippen molar-refractivity contribution in [1.29, 1.82) is 0 Å². The van der Waals surface area contributed by atoms with Gasteiger partial charge in [0.15, 0.2) is 23.9 Å². The minimum absolute atomic E-state index is 0.229. The average molecular weight is 740 g/mol. The van der Waals surface area contributed by atoms with Crippen molar-refractivity contribution in [2.24, 2.45) is 5.92 Å². The van der Waals surface area contributed by atoms with Crippen LogP contribution in [0, 0.1) is 5.92 Å². The Kier molecular flexibility index (Phi) is 12.0. The zero-order valence-electron chi connectivity index (χ0n) is 28.3. The van der Waals surface area contributed by atoms with Gasteiger partial charge in [-0.15, -0.1) is 11.3 Å². The molecule has 6 rings (SSSR count). The van der Waals surface area contributed by atoms with Crippen LogP contribution >= 0.6 is 34.5 Å². The lowest BCUT2D eigenvalue weighted by atomic mass is 9.92. The van der Waals surface area contributed by atoms with Gasteiger partial charge in [0.2, 0.25) is 0 Å². The number of ether oxygens (including phenoxy) is 4. The standard InChI is InChI=1S/C38H41Cl2N3O6S/c1-43-26-10-11-27(43)16-23(15-26)22-48-38(45)36(24-7-5-4-6-8-24)42-19-28-12-14-35(50-28)37(44)49-33(18-29-30(39)20-41-21-31(29)40)25-9-13-32(46-2)34(17-25)47-3/h4-9,12-14,17,20-21,23,26-27,33,36,42H,10-11,15-16,18-19,22H2,1-3H3/p+1/t23?,26-,27+,33-,36?/m0/s1. The Morgan fingerprint density at radius 1 is 0.940 bits per heavy atom. The fourth-order valence-corrected chi connectivity index (χ4v) is 8.41. The van der Waals surface area contributed by atoms with E-state index in [0.29, 0.717) is 68.7 Å². The van der Waals surface area contributed by atoms with E-state index >= 15 is 0 Å². The molecule has 9 nitrogen and oxygen atoms in total. The molecule has 0 saturated carbocycles. The summed E-state index contributed by atoms with van der Waals surface area (Å²) >= 11 is 14.3. The number of carbonyl (C=O) groups is 2. The number of methoxy groups -OCH3 is 2. The van der Waals surface area contributed by atoms with Crippen LogP contribution in [0.15, 0.2) is 73.1 Å². The van der Waals surface area contributed by atoms with Crippen LogP contribution in [-0.4, -0.2) is 56.8 Å². The average Bonchev–Trinajstić information content (AvgIpc) is 3.67. The highest BCUT2D eigenvalue weighted by Gasteiger charge is 2.39. The van der Waals surface area contributed by atoms with E-state index in [1.807, 2.05) is 42.5 Å². The zero-order chi connectivity index (χ0) is 35.2. The van der Waals surface area contributed by atoms with Crippen molar-refractivity contribution in [2.45, 2.75) is 62.9 Å². The molecule has 2 N–H and O–H groups in total. The molecule has 264 valence electrons. The third-order valence-corrected chi connectivity index (χ3v) is 11.5. The molecule has 0 radical (unpaired) electrons. The van der Waals surface area contributed by atoms with Crippen molar-refractivity contribution in [2.75, 3.05) is 27.9 Å². The lowest BCUT2D eigenvalue weighted by molar-refractivity contribution is -0.377. The third kappa shape index (κ3) is 8.44. The second kappa shape index (κ2) is 16.6. The summed E-state index contributed by atoms with van der Waals surface area (Å²) in [7, 11) is 5.32. The van der Waals surface area contributed by atoms with Gasteiger partial charge in [-0.25, -0.2) is 14.6 Å². The topological polar surface area (TPSA) is 100 Å². The van der Waals surface area contributed by atoms with Crippen molar-refractivity contribution < 1.29 is 33.5 Å². The van der Waals surface area contributed by atoms with Gasteiger partial charge < -0.3 is 23.8 Å². The van der Waals surface area contributed by atoms with Crippen LogP contribution in [0.3, 0.4) is 0 Å². The van der Waals surface area contributed by atoms with E-state index in [4.69, 9.17) is 42.1 Å². The number of rotatable bonds is 14. The molecule has 4 heterocycles. The highest BCUT2D eigenvalue weighted by atomic mass is 35.5. The number of nitrogens with zero attached hydrogens (tertiary/aromatic N) is 1. The van der Waals surface area contributed by atoms with Gasteiger partial charge in [0, 0.05) is 35.5 Å². The molecule has 2 aromatic heterocycles. The Hall–Kier alpha value is -3.67. The van der Waals surface area contributed by atoms with Crippen LogP contribution in [-0.2, 0) is 27.2 Å². The maximum atomic E-state index is 13.6. The minimum atomic E-state index is -0.736. The Morgan fingerprint density at radius 3 is 2.32 bits per heavy atom. The van der Waals surface area contributed by atoms with Crippen LogP contribution in [0.1, 0.15) is 69.1 Å². The van der Waals surface area contributed by atoms with Gasteiger partial charge in [0.25, 0.3) is 0 Å². The number of pyridine rings is 1. The lowest BCUT2D eigenvalue weighted by Crippen LogP contribution is -2.41. The number of piperidine rings is 1. The van der Waals surface area contributed by atoms with Gasteiger partial charge in [-0.2, -0.15) is 0 Å². The summed E-state index contributed by atoms with van der Waals surface area (Å²) < 4.78 is 23.0. The predicted octanol–water partition coefficient (Wildman–Crippen LogP) is 7.27. The second-order valence-corrected chi connectivity index (χ2v) is 14.8. The first-order valence-electron chi connectivity index (χ1n) is 16.8. The number of carbonyl (C=O) groups excluding carboxylic acids is 2. The smallest absolute Gasteiger partial charge is 0.348 e. The van der Waals surface area contributed by atoms with Crippen molar-refractivity contribution in [3.05, 3.63) is 110 Å². The number of H-pyrrole nitrogens is 1. The van der Waals surface area contributed by atoms with Crippen LogP contribution in [0.5, 0.6) is 11.5 Å². The minimum Gasteiger partial charge on any atom is -0.493 e. The number of fused-ring (bicyclic) bond motifs is 2. The number of aromatic nitrogens is 1. The molecule has 0 aliphatic carbocycles. The largest absolute Gasteiger partial charge is 0.493 e. The third-order valence-electron chi connectivity index (χ3n) is 9.78. The number of thiophene rings is 1. The van der Waals surface area contributed by atoms with Gasteiger partial charge >= 0.3 is 11.9 Å². The van der Waals surface area contributed by atoms with Gasteiger partial charge in [0.1, 0.15) is 27.1 Å². The first-order chi connectivity index (χ1) is 24.2. The number of nitrogens with one attached hydrogen (secondary N) is 2. The van der Waals surface area contributed by atoms with E-state index < -0.39 is 18.1 Å². The van der Waals surface area contributed by atoms with Crippen molar-refractivity contribution in [3.63, 3.8) is 0 Å². The van der Waals surface area contributed by atoms with Crippen LogP contribution in [0.4, 0.5) is 0 Å². The van der Waals surface area contributed by atoms with Crippen LogP contribution in [0.25, 0.3) is 0 Å². The van der Waals surface area contributed by atoms with Gasteiger partial charge in [0.05, 0.1) is 20.8 Å². The molecule has 2 unspecified atom stereocenters. The first-order valence-corrected chi connectivity index (χ1v) is 18.3. The van der Waals surface area contributed by atoms with E-state index in [2.05, 4.69) is 22.2 Å². The molecular weight excluding hydrogens is 697 g/mol. The molecule has 4 aromatic rings. The Labute approximate surface area is 306 Å². The monoisotopic (exact) mass is 738 g/mol. The lowest BCUT2D eigenvalue weighted by Gasteiger charge is -2.36. The Morgan fingerprint density at radius 2 is 1.64 bits per heavy atom. The molecular formula is C38H42Cl2N3O6S+. The summed E-state index contributed by atoms with van der Waals surface area (Å²) in [5, 5.41) is 4.23. The molecule has 2 aliphatic heterocycles. The Bertz CT molecular complexity index is 1760. The van der Waals surface area contributed by atoms with Crippen LogP contribution < -0.4 is 19.8 Å². The quantitative estimate of drug-likeness (QED) is 0.135. The summed E-state index contributed by atoms with van der Waals surface area (Å²) in [6.45, 7) is 0.786. The zero-order valence-corrected chi connectivity index (χ0v) is 30.7. The molecule has 12 heteroatoms. The summed E-state index contributed by atoms with van der Waals surface area (Å²) in [4.78, 5) is 33.8. The normalized spacial score (nSPS) is 19.8. The highest BCUT2D eigenvalue weighted by molar-refractivity contribution is 7.13. The van der Waals surface area contributed by atoms with E-state index in [1.165, 1.54) is 24.2 Å². The van der Waals surface area contributed by atoms with E-state index in [0.717, 1.165) is 23.3 Å². The molecule has 0 spiro atoms. The predicted molar refractivity (Wildman–Crippen MR) is 193 cm³/mol. The molecule has 2 fully saturated rings. The number of hydrogen-bond donors (Lipinski definition) is 1. The number of benzene rings is 2. The van der Waals surface area contributed by atoms with Gasteiger partial charge in [-0.3, -0.25) is 5.32 Å². The molecule has 50 heavy (non-hydrogen) atoms. The SMILES string of the molecule is COc1ccc([C@H](Cc2c(Cl)c[nH+]cc2Cl)OC(=O)c2ccc(CNC(C(=O)OCC3C[C@H]4CC[C@@H](C3)N4C)c3ccccc3)s2)cc1OC. The maximum absolute atomic E-state index is 13.6. The fraction of sp³-hybridized carbons (Fsp3) is 0.395. The van der Waals surface area contributed by atoms with E-state index in [-0.39, 0.29) is 12.4 Å². The summed E-state index contributed by atoms with van der Waals surface area (Å²) in [6, 6.07) is 19.1. The number of esters is 2. The molecule has 2 bridgehead atoms. The van der Waals surface area contributed by atoms with Crippen molar-refractivity contribution in [1.82, 2.24) is 10.2 Å². The van der Waals surface area contributed by atoms with Gasteiger partial charge in [-0.1, -0.05) is 59.6 Å². The van der Waals surface area contributed by atoms with E-state index in [1.54, 1.807) is 44.8 Å². The molecule has 0 amide bonds. The number of hydrogen-bond acceptors (Lipinski definition) is 9. The first kappa shape index (κ1) is 36.1. The molecule has 2 aliphatic rings. The second-order valence-electron chi connectivity index (χ2n) is 12.9. The number of halogens is 2. The summed E-state index contributed by atoms with van der Waals surface area (Å²) in [5.74, 6) is 0.631. The molecule has 5 atom stereocenters. The van der Waals surface area contributed by atoms with Crippen molar-refractivity contribution >= 4 is 46.5 Å². The summed E-state index contributed by atoms with van der Waals surface area (Å²) in [5.41, 5.74) is 2.15. The molecule has 2 aromatic carbocycles.